The Balaban J connectivity index is 2.15. The number of nitrogens with zero attached hydrogens (tertiary/aromatic N) is 4. The van der Waals surface area contributed by atoms with Crippen LogP contribution in [-0.2, 0) is 6.54 Å². The van der Waals surface area contributed by atoms with Gasteiger partial charge in [0.2, 0.25) is 0 Å². The largest absolute Gasteiger partial charge is 0.448 e. The molecule has 0 spiro atoms. The van der Waals surface area contributed by atoms with Crippen molar-refractivity contribution in [1.82, 2.24) is 20.0 Å². The molecular weight excluding hydrogens is 216 g/mol. The number of halogens is 1. The number of alkyl halides is 1. The van der Waals surface area contributed by atoms with Gasteiger partial charge in [0.15, 0.2) is 6.39 Å². The average molecular weight is 227 g/mol. The van der Waals surface area contributed by atoms with Crippen LogP contribution in [0.25, 0.3) is 0 Å². The van der Waals surface area contributed by atoms with Crippen molar-refractivity contribution < 1.29 is 4.42 Å². The Labute approximate surface area is 92.1 Å². The Bertz CT molecular complexity index is 448. The molecule has 2 aromatic rings. The molecule has 5 nitrogen and oxygen atoms in total. The van der Waals surface area contributed by atoms with Gasteiger partial charge in [-0.05, 0) is 13.8 Å². The van der Waals surface area contributed by atoms with Crippen LogP contribution < -0.4 is 0 Å². The first-order chi connectivity index (χ1) is 7.16. The number of aryl methyl sites for hydroxylation is 1. The lowest BCUT2D eigenvalue weighted by Gasteiger charge is -1.96. The van der Waals surface area contributed by atoms with Gasteiger partial charge >= 0.3 is 0 Å². The fourth-order valence-corrected chi connectivity index (χ4v) is 1.31. The summed E-state index contributed by atoms with van der Waals surface area (Å²) >= 11 is 5.88. The van der Waals surface area contributed by atoms with E-state index in [1.165, 1.54) is 6.39 Å². The molecule has 0 aromatic carbocycles. The van der Waals surface area contributed by atoms with Gasteiger partial charge in [-0.15, -0.1) is 16.7 Å². The number of oxazole rings is 1. The van der Waals surface area contributed by atoms with Gasteiger partial charge in [0.1, 0.15) is 17.1 Å². The SMILES string of the molecule is Cc1ocnc1Cn1cc(C(C)Cl)nn1. The molecule has 2 heterocycles. The molecule has 0 aliphatic heterocycles. The van der Waals surface area contributed by atoms with Crippen LogP contribution in [-0.4, -0.2) is 20.0 Å². The van der Waals surface area contributed by atoms with E-state index in [4.69, 9.17) is 16.0 Å². The first-order valence-electron chi connectivity index (χ1n) is 4.60. The smallest absolute Gasteiger partial charge is 0.181 e. The molecule has 0 N–H and O–H groups in total. The van der Waals surface area contributed by atoms with Gasteiger partial charge in [-0.2, -0.15) is 0 Å². The van der Waals surface area contributed by atoms with Crippen LogP contribution in [0, 0.1) is 6.92 Å². The Morgan fingerprint density at radius 1 is 1.60 bits per heavy atom. The van der Waals surface area contributed by atoms with E-state index in [2.05, 4.69) is 15.3 Å². The first-order valence-corrected chi connectivity index (χ1v) is 5.03. The highest BCUT2D eigenvalue weighted by Crippen LogP contribution is 2.16. The van der Waals surface area contributed by atoms with Crippen LogP contribution in [0.4, 0.5) is 0 Å². The Morgan fingerprint density at radius 2 is 2.40 bits per heavy atom. The highest BCUT2D eigenvalue weighted by Gasteiger charge is 2.09. The highest BCUT2D eigenvalue weighted by atomic mass is 35.5. The van der Waals surface area contributed by atoms with E-state index in [1.54, 1.807) is 4.68 Å². The third kappa shape index (κ3) is 2.18. The molecule has 0 fully saturated rings. The van der Waals surface area contributed by atoms with E-state index >= 15 is 0 Å². The Morgan fingerprint density at radius 3 is 2.93 bits per heavy atom. The maximum Gasteiger partial charge on any atom is 0.181 e. The number of aromatic nitrogens is 4. The van der Waals surface area contributed by atoms with Crippen molar-refractivity contribution in [2.24, 2.45) is 0 Å². The van der Waals surface area contributed by atoms with Crippen molar-refractivity contribution in [2.75, 3.05) is 0 Å². The molecule has 0 aliphatic carbocycles. The van der Waals surface area contributed by atoms with E-state index in [0.717, 1.165) is 17.1 Å². The second-order valence-corrected chi connectivity index (χ2v) is 3.97. The van der Waals surface area contributed by atoms with Gasteiger partial charge in [-0.3, -0.25) is 0 Å². The maximum atomic E-state index is 5.88. The summed E-state index contributed by atoms with van der Waals surface area (Å²) in [6, 6.07) is 0. The molecular formula is C9H11ClN4O. The maximum absolute atomic E-state index is 5.88. The van der Waals surface area contributed by atoms with E-state index in [-0.39, 0.29) is 5.38 Å². The average Bonchev–Trinajstić information content (AvgIpc) is 2.77. The van der Waals surface area contributed by atoms with E-state index in [0.29, 0.717) is 6.54 Å². The summed E-state index contributed by atoms with van der Waals surface area (Å²) in [5.41, 5.74) is 1.62. The first kappa shape index (κ1) is 10.2. The molecule has 0 saturated carbocycles. The van der Waals surface area contributed by atoms with E-state index in [1.807, 2.05) is 20.0 Å². The molecule has 0 bridgehead atoms. The third-order valence-electron chi connectivity index (χ3n) is 2.12. The molecule has 1 unspecified atom stereocenters. The molecule has 0 radical (unpaired) electrons. The summed E-state index contributed by atoms with van der Waals surface area (Å²) in [6.07, 6.45) is 3.23. The number of hydrogen-bond acceptors (Lipinski definition) is 4. The number of rotatable bonds is 3. The molecule has 1 atom stereocenters. The summed E-state index contributed by atoms with van der Waals surface area (Å²) in [5, 5.41) is 7.77. The van der Waals surface area contributed by atoms with Gasteiger partial charge in [0, 0.05) is 0 Å². The molecule has 80 valence electrons. The lowest BCUT2D eigenvalue weighted by molar-refractivity contribution is 0.521. The van der Waals surface area contributed by atoms with Crippen molar-refractivity contribution in [1.29, 1.82) is 0 Å². The van der Waals surface area contributed by atoms with Crippen LogP contribution in [0.3, 0.4) is 0 Å². The van der Waals surface area contributed by atoms with Crippen LogP contribution in [0.5, 0.6) is 0 Å². The van der Waals surface area contributed by atoms with Crippen molar-refractivity contribution >= 4 is 11.6 Å². The molecule has 0 aliphatic rings. The lowest BCUT2D eigenvalue weighted by atomic mass is 10.3. The summed E-state index contributed by atoms with van der Waals surface area (Å²) < 4.78 is 6.79. The number of hydrogen-bond donors (Lipinski definition) is 0. The molecule has 15 heavy (non-hydrogen) atoms. The zero-order chi connectivity index (χ0) is 10.8. The summed E-state index contributed by atoms with van der Waals surface area (Å²) in [5.74, 6) is 0.797. The summed E-state index contributed by atoms with van der Waals surface area (Å²) in [4.78, 5) is 4.08. The van der Waals surface area contributed by atoms with Crippen molar-refractivity contribution in [3.05, 3.63) is 29.7 Å². The molecule has 6 heteroatoms. The standard InChI is InChI=1S/C9H11ClN4O/c1-6(10)8-3-14(13-12-8)4-9-7(2)15-5-11-9/h3,5-6H,4H2,1-2H3. The fraction of sp³-hybridized carbons (Fsp3) is 0.444. The van der Waals surface area contributed by atoms with Gasteiger partial charge in [-0.25, -0.2) is 9.67 Å². The van der Waals surface area contributed by atoms with Crippen molar-refractivity contribution in [3.63, 3.8) is 0 Å². The fourth-order valence-electron chi connectivity index (χ4n) is 1.21. The van der Waals surface area contributed by atoms with Gasteiger partial charge in [0.25, 0.3) is 0 Å². The second kappa shape index (κ2) is 4.02. The monoisotopic (exact) mass is 226 g/mol. The minimum absolute atomic E-state index is 0.128. The molecule has 2 rings (SSSR count). The van der Waals surface area contributed by atoms with Gasteiger partial charge in [0.05, 0.1) is 18.1 Å². The van der Waals surface area contributed by atoms with Crippen molar-refractivity contribution in [3.8, 4) is 0 Å². The predicted molar refractivity (Wildman–Crippen MR) is 54.6 cm³/mol. The normalized spacial score (nSPS) is 13.0. The van der Waals surface area contributed by atoms with Crippen LogP contribution in [0.1, 0.15) is 29.4 Å². The lowest BCUT2D eigenvalue weighted by Crippen LogP contribution is -2.01. The molecule has 2 aromatic heterocycles. The minimum atomic E-state index is -0.128. The minimum Gasteiger partial charge on any atom is -0.448 e. The summed E-state index contributed by atoms with van der Waals surface area (Å²) in [6.45, 7) is 4.28. The highest BCUT2D eigenvalue weighted by molar-refractivity contribution is 6.20. The third-order valence-corrected chi connectivity index (χ3v) is 2.34. The zero-order valence-electron chi connectivity index (χ0n) is 8.51. The molecule has 0 saturated heterocycles. The topological polar surface area (TPSA) is 56.7 Å². The van der Waals surface area contributed by atoms with E-state index < -0.39 is 0 Å². The van der Waals surface area contributed by atoms with Crippen LogP contribution in [0.15, 0.2) is 17.0 Å². The quantitative estimate of drug-likeness (QED) is 0.751. The van der Waals surface area contributed by atoms with Gasteiger partial charge < -0.3 is 4.42 Å². The van der Waals surface area contributed by atoms with Crippen LogP contribution >= 0.6 is 11.6 Å². The summed E-state index contributed by atoms with van der Waals surface area (Å²) in [7, 11) is 0. The van der Waals surface area contributed by atoms with Crippen LogP contribution in [0.2, 0.25) is 0 Å². The Hall–Kier alpha value is -1.36. The van der Waals surface area contributed by atoms with Gasteiger partial charge in [-0.1, -0.05) is 5.21 Å². The van der Waals surface area contributed by atoms with E-state index in [9.17, 15) is 0 Å². The second-order valence-electron chi connectivity index (χ2n) is 3.31. The Kier molecular flexibility index (Phi) is 2.73. The molecule has 0 amide bonds. The van der Waals surface area contributed by atoms with Crippen molar-refractivity contribution in [2.45, 2.75) is 25.8 Å². The zero-order valence-corrected chi connectivity index (χ0v) is 9.27. The predicted octanol–water partition coefficient (Wildman–Crippen LogP) is 1.92.